The second-order valence-corrected chi connectivity index (χ2v) is 5.12. The SMILES string of the molecule is CSc1nc(C)cc(CCC2(N)CC2)n1. The van der Waals surface area contributed by atoms with Crippen LogP contribution in [0.15, 0.2) is 11.2 Å². The van der Waals surface area contributed by atoms with Gasteiger partial charge in [-0.05, 0) is 44.9 Å². The Labute approximate surface area is 94.9 Å². The van der Waals surface area contributed by atoms with Crippen LogP contribution >= 0.6 is 11.8 Å². The van der Waals surface area contributed by atoms with E-state index in [4.69, 9.17) is 5.73 Å². The summed E-state index contributed by atoms with van der Waals surface area (Å²) in [6.45, 7) is 2.01. The van der Waals surface area contributed by atoms with Crippen molar-refractivity contribution in [1.82, 2.24) is 9.97 Å². The lowest BCUT2D eigenvalue weighted by molar-refractivity contribution is 0.599. The lowest BCUT2D eigenvalue weighted by Crippen LogP contribution is -2.22. The monoisotopic (exact) mass is 223 g/mol. The first-order valence-corrected chi connectivity index (χ1v) is 6.51. The van der Waals surface area contributed by atoms with Crippen molar-refractivity contribution in [3.8, 4) is 0 Å². The number of rotatable bonds is 4. The molecule has 0 atom stereocenters. The van der Waals surface area contributed by atoms with Gasteiger partial charge in [0.2, 0.25) is 0 Å². The molecule has 1 aromatic rings. The molecule has 1 aromatic heterocycles. The number of nitrogens with two attached hydrogens (primary N) is 1. The fraction of sp³-hybridized carbons (Fsp3) is 0.636. The van der Waals surface area contributed by atoms with Gasteiger partial charge in [-0.1, -0.05) is 11.8 Å². The average molecular weight is 223 g/mol. The predicted octanol–water partition coefficient (Wildman–Crippen LogP) is 1.93. The summed E-state index contributed by atoms with van der Waals surface area (Å²) >= 11 is 1.59. The molecule has 0 radical (unpaired) electrons. The van der Waals surface area contributed by atoms with Gasteiger partial charge in [-0.3, -0.25) is 0 Å². The molecule has 15 heavy (non-hydrogen) atoms. The normalized spacial score (nSPS) is 17.8. The van der Waals surface area contributed by atoms with E-state index < -0.39 is 0 Å². The molecule has 2 rings (SSSR count). The second-order valence-electron chi connectivity index (χ2n) is 4.35. The molecule has 0 unspecified atom stereocenters. The molecule has 1 aliphatic rings. The molecule has 0 saturated heterocycles. The minimum atomic E-state index is 0.123. The summed E-state index contributed by atoms with van der Waals surface area (Å²) in [7, 11) is 0. The molecule has 0 aromatic carbocycles. The summed E-state index contributed by atoms with van der Waals surface area (Å²) in [5, 5.41) is 0.867. The molecule has 3 nitrogen and oxygen atoms in total. The molecule has 1 saturated carbocycles. The van der Waals surface area contributed by atoms with Crippen LogP contribution in [0.2, 0.25) is 0 Å². The maximum Gasteiger partial charge on any atom is 0.187 e. The van der Waals surface area contributed by atoms with Crippen molar-refractivity contribution in [2.24, 2.45) is 5.73 Å². The van der Waals surface area contributed by atoms with Crippen LogP contribution in [0.25, 0.3) is 0 Å². The fourth-order valence-electron chi connectivity index (χ4n) is 1.61. The lowest BCUT2D eigenvalue weighted by atomic mass is 10.1. The first-order chi connectivity index (χ1) is 7.11. The number of hydrogen-bond donors (Lipinski definition) is 1. The van der Waals surface area contributed by atoms with Crippen molar-refractivity contribution in [2.75, 3.05) is 6.26 Å². The van der Waals surface area contributed by atoms with Crippen molar-refractivity contribution in [3.63, 3.8) is 0 Å². The van der Waals surface area contributed by atoms with Gasteiger partial charge < -0.3 is 5.73 Å². The summed E-state index contributed by atoms with van der Waals surface area (Å²) in [5.41, 5.74) is 8.35. The summed E-state index contributed by atoms with van der Waals surface area (Å²) in [6.07, 6.45) is 6.38. The van der Waals surface area contributed by atoms with E-state index >= 15 is 0 Å². The van der Waals surface area contributed by atoms with Gasteiger partial charge in [-0.25, -0.2) is 9.97 Å². The highest BCUT2D eigenvalue weighted by molar-refractivity contribution is 7.98. The van der Waals surface area contributed by atoms with Gasteiger partial charge in [0.15, 0.2) is 5.16 Å². The van der Waals surface area contributed by atoms with Crippen molar-refractivity contribution in [1.29, 1.82) is 0 Å². The zero-order chi connectivity index (χ0) is 10.9. The van der Waals surface area contributed by atoms with Gasteiger partial charge >= 0.3 is 0 Å². The number of thioether (sulfide) groups is 1. The van der Waals surface area contributed by atoms with E-state index in [-0.39, 0.29) is 5.54 Å². The molecule has 0 spiro atoms. The van der Waals surface area contributed by atoms with E-state index in [1.165, 1.54) is 12.8 Å². The molecular weight excluding hydrogens is 206 g/mol. The van der Waals surface area contributed by atoms with Crippen molar-refractivity contribution in [2.45, 2.75) is 43.3 Å². The fourth-order valence-corrected chi connectivity index (χ4v) is 2.06. The van der Waals surface area contributed by atoms with Gasteiger partial charge in [0.05, 0.1) is 0 Å². The number of aromatic nitrogens is 2. The first-order valence-electron chi connectivity index (χ1n) is 5.29. The number of hydrogen-bond acceptors (Lipinski definition) is 4. The van der Waals surface area contributed by atoms with Crippen LogP contribution in [-0.2, 0) is 6.42 Å². The van der Waals surface area contributed by atoms with Crippen LogP contribution in [0.3, 0.4) is 0 Å². The Morgan fingerprint density at radius 3 is 2.80 bits per heavy atom. The Balaban J connectivity index is 2.03. The molecular formula is C11H17N3S. The molecule has 0 amide bonds. The molecule has 82 valence electrons. The van der Waals surface area contributed by atoms with Crippen molar-refractivity contribution >= 4 is 11.8 Å². The zero-order valence-corrected chi connectivity index (χ0v) is 10.1. The Morgan fingerprint density at radius 2 is 2.20 bits per heavy atom. The zero-order valence-electron chi connectivity index (χ0n) is 9.29. The van der Waals surface area contributed by atoms with Crippen LogP contribution in [-0.4, -0.2) is 21.8 Å². The Hall–Kier alpha value is -0.610. The van der Waals surface area contributed by atoms with Gasteiger partial charge in [0, 0.05) is 16.9 Å². The highest BCUT2D eigenvalue weighted by Crippen LogP contribution is 2.36. The van der Waals surface area contributed by atoms with Gasteiger partial charge in [-0.2, -0.15) is 0 Å². The van der Waals surface area contributed by atoms with Crippen LogP contribution in [0, 0.1) is 6.92 Å². The van der Waals surface area contributed by atoms with E-state index in [9.17, 15) is 0 Å². The Bertz CT molecular complexity index is 361. The third-order valence-electron chi connectivity index (χ3n) is 2.84. The molecule has 1 fully saturated rings. The molecule has 0 aliphatic heterocycles. The van der Waals surface area contributed by atoms with E-state index in [1.807, 2.05) is 13.2 Å². The van der Waals surface area contributed by atoms with Gasteiger partial charge in [0.25, 0.3) is 0 Å². The third-order valence-corrected chi connectivity index (χ3v) is 3.39. The van der Waals surface area contributed by atoms with Crippen LogP contribution in [0.1, 0.15) is 30.7 Å². The van der Waals surface area contributed by atoms with E-state index in [0.29, 0.717) is 0 Å². The van der Waals surface area contributed by atoms with Crippen molar-refractivity contribution < 1.29 is 0 Å². The lowest BCUT2D eigenvalue weighted by Gasteiger charge is -2.08. The van der Waals surface area contributed by atoms with Gasteiger partial charge in [0.1, 0.15) is 0 Å². The number of nitrogens with zero attached hydrogens (tertiary/aromatic N) is 2. The minimum absolute atomic E-state index is 0.123. The standard InChI is InChI=1S/C11H17N3S/c1-8-7-9(14-10(13-8)15-2)3-4-11(12)5-6-11/h7H,3-6,12H2,1-2H3. The summed E-state index contributed by atoms with van der Waals surface area (Å²) in [6, 6.07) is 2.06. The highest BCUT2D eigenvalue weighted by atomic mass is 32.2. The maximum atomic E-state index is 6.05. The van der Waals surface area contributed by atoms with Crippen LogP contribution in [0.5, 0.6) is 0 Å². The second kappa shape index (κ2) is 4.10. The Kier molecular flexibility index (Phi) is 2.98. The first kappa shape index (κ1) is 10.9. The van der Waals surface area contributed by atoms with E-state index in [2.05, 4.69) is 16.0 Å². The largest absolute Gasteiger partial charge is 0.325 e. The molecule has 1 heterocycles. The van der Waals surface area contributed by atoms with Crippen molar-refractivity contribution in [3.05, 3.63) is 17.5 Å². The number of aryl methyl sites for hydroxylation is 2. The maximum absolute atomic E-state index is 6.05. The van der Waals surface area contributed by atoms with E-state index in [1.54, 1.807) is 11.8 Å². The summed E-state index contributed by atoms with van der Waals surface area (Å²) in [5.74, 6) is 0. The third kappa shape index (κ3) is 2.92. The van der Waals surface area contributed by atoms with Crippen LogP contribution < -0.4 is 5.73 Å². The quantitative estimate of drug-likeness (QED) is 0.626. The Morgan fingerprint density at radius 1 is 1.47 bits per heavy atom. The molecule has 2 N–H and O–H groups in total. The van der Waals surface area contributed by atoms with Crippen LogP contribution in [0.4, 0.5) is 0 Å². The predicted molar refractivity (Wildman–Crippen MR) is 63.0 cm³/mol. The average Bonchev–Trinajstić information content (AvgIpc) is 2.94. The molecule has 1 aliphatic carbocycles. The highest BCUT2D eigenvalue weighted by Gasteiger charge is 2.37. The topological polar surface area (TPSA) is 51.8 Å². The van der Waals surface area contributed by atoms with E-state index in [0.717, 1.165) is 29.4 Å². The molecule has 4 heteroatoms. The summed E-state index contributed by atoms with van der Waals surface area (Å²) in [4.78, 5) is 8.81. The summed E-state index contributed by atoms with van der Waals surface area (Å²) < 4.78 is 0. The minimum Gasteiger partial charge on any atom is -0.325 e. The smallest absolute Gasteiger partial charge is 0.187 e. The van der Waals surface area contributed by atoms with Gasteiger partial charge in [-0.15, -0.1) is 0 Å². The molecule has 0 bridgehead atoms.